The molecule has 0 aromatic heterocycles. The zero-order valence-corrected chi connectivity index (χ0v) is 11.5. The molecule has 1 unspecified atom stereocenters. The second-order valence-electron chi connectivity index (χ2n) is 4.43. The fourth-order valence-electron chi connectivity index (χ4n) is 1.78. The van der Waals surface area contributed by atoms with Crippen LogP contribution in [0.2, 0.25) is 0 Å². The van der Waals surface area contributed by atoms with E-state index in [4.69, 9.17) is 15.6 Å². The van der Waals surface area contributed by atoms with Gasteiger partial charge in [0, 0.05) is 19.6 Å². The molecule has 0 fully saturated rings. The van der Waals surface area contributed by atoms with Crippen molar-refractivity contribution in [3.05, 3.63) is 29.8 Å². The molecule has 1 rings (SSSR count). The monoisotopic (exact) mass is 268 g/mol. The molecule has 0 bridgehead atoms. The third kappa shape index (κ3) is 6.02. The number of likely N-dealkylation sites (N-methyl/N-ethyl adjacent to an activating group) is 1. The van der Waals surface area contributed by atoms with Crippen LogP contribution in [-0.2, 0) is 6.54 Å². The topological polar surface area (TPSA) is 79.0 Å². The number of rotatable bonds is 9. The second-order valence-corrected chi connectivity index (χ2v) is 4.43. The molecular formula is C14H24N2O3. The van der Waals surface area contributed by atoms with Gasteiger partial charge in [0.2, 0.25) is 0 Å². The van der Waals surface area contributed by atoms with Crippen molar-refractivity contribution in [3.8, 4) is 5.75 Å². The van der Waals surface area contributed by atoms with E-state index in [-0.39, 0.29) is 13.2 Å². The van der Waals surface area contributed by atoms with Gasteiger partial charge in [-0.3, -0.25) is 4.90 Å². The highest BCUT2D eigenvalue weighted by molar-refractivity contribution is 5.27. The summed E-state index contributed by atoms with van der Waals surface area (Å²) in [5, 5.41) is 18.7. The lowest BCUT2D eigenvalue weighted by Crippen LogP contribution is -2.37. The van der Waals surface area contributed by atoms with Gasteiger partial charge in [0.25, 0.3) is 0 Å². The zero-order chi connectivity index (χ0) is 14.1. The average Bonchev–Trinajstić information content (AvgIpc) is 2.45. The van der Waals surface area contributed by atoms with E-state index >= 15 is 0 Å². The zero-order valence-electron chi connectivity index (χ0n) is 11.5. The van der Waals surface area contributed by atoms with Gasteiger partial charge in [0.1, 0.15) is 18.5 Å². The van der Waals surface area contributed by atoms with E-state index < -0.39 is 6.10 Å². The normalized spacial score (nSPS) is 12.7. The molecule has 5 nitrogen and oxygen atoms in total. The SMILES string of the molecule is CCN(CCO)CC(O)COc1ccc(CN)cc1. The van der Waals surface area contributed by atoms with Crippen LogP contribution in [0.5, 0.6) is 5.75 Å². The number of aliphatic hydroxyl groups excluding tert-OH is 2. The molecule has 1 atom stereocenters. The van der Waals surface area contributed by atoms with Crippen LogP contribution in [0.25, 0.3) is 0 Å². The quantitative estimate of drug-likeness (QED) is 0.596. The molecular weight excluding hydrogens is 244 g/mol. The molecule has 4 N–H and O–H groups in total. The van der Waals surface area contributed by atoms with Gasteiger partial charge in [-0.2, -0.15) is 0 Å². The predicted molar refractivity (Wildman–Crippen MR) is 75.0 cm³/mol. The number of hydrogen-bond acceptors (Lipinski definition) is 5. The van der Waals surface area contributed by atoms with Crippen LogP contribution in [0.4, 0.5) is 0 Å². The van der Waals surface area contributed by atoms with E-state index in [1.54, 1.807) is 0 Å². The fraction of sp³-hybridized carbons (Fsp3) is 0.571. The van der Waals surface area contributed by atoms with Crippen LogP contribution in [0.1, 0.15) is 12.5 Å². The van der Waals surface area contributed by atoms with Gasteiger partial charge in [-0.1, -0.05) is 19.1 Å². The predicted octanol–water partition coefficient (Wildman–Crippen LogP) is 0.199. The van der Waals surface area contributed by atoms with Crippen LogP contribution in [-0.4, -0.2) is 54.1 Å². The fourth-order valence-corrected chi connectivity index (χ4v) is 1.78. The smallest absolute Gasteiger partial charge is 0.119 e. The van der Waals surface area contributed by atoms with Gasteiger partial charge < -0.3 is 20.7 Å². The number of ether oxygens (including phenoxy) is 1. The van der Waals surface area contributed by atoms with Gasteiger partial charge in [0.15, 0.2) is 0 Å². The number of nitrogens with zero attached hydrogens (tertiary/aromatic N) is 1. The van der Waals surface area contributed by atoms with Crippen molar-refractivity contribution in [2.24, 2.45) is 5.73 Å². The summed E-state index contributed by atoms with van der Waals surface area (Å²) < 4.78 is 5.51. The van der Waals surface area contributed by atoms with Crippen LogP contribution >= 0.6 is 0 Å². The molecule has 1 aromatic carbocycles. The summed E-state index contributed by atoms with van der Waals surface area (Å²) >= 11 is 0. The third-order valence-corrected chi connectivity index (χ3v) is 2.93. The van der Waals surface area contributed by atoms with Crippen LogP contribution < -0.4 is 10.5 Å². The first-order chi connectivity index (χ1) is 9.19. The molecule has 0 saturated carbocycles. The molecule has 0 aliphatic rings. The summed E-state index contributed by atoms with van der Waals surface area (Å²) in [4.78, 5) is 1.98. The van der Waals surface area contributed by atoms with E-state index in [0.717, 1.165) is 17.9 Å². The van der Waals surface area contributed by atoms with E-state index in [2.05, 4.69) is 0 Å². The average molecular weight is 268 g/mol. The summed E-state index contributed by atoms with van der Waals surface area (Å²) in [6.07, 6.45) is -0.569. The molecule has 0 amide bonds. The summed E-state index contributed by atoms with van der Waals surface area (Å²) in [6, 6.07) is 7.51. The Morgan fingerprint density at radius 2 is 2.00 bits per heavy atom. The highest BCUT2D eigenvalue weighted by atomic mass is 16.5. The van der Waals surface area contributed by atoms with E-state index in [9.17, 15) is 5.11 Å². The minimum absolute atomic E-state index is 0.0992. The summed E-state index contributed by atoms with van der Waals surface area (Å²) in [6.45, 7) is 4.70. The Kier molecular flexibility index (Phi) is 7.43. The lowest BCUT2D eigenvalue weighted by molar-refractivity contribution is 0.0638. The van der Waals surface area contributed by atoms with Crippen molar-refractivity contribution in [1.82, 2.24) is 4.90 Å². The third-order valence-electron chi connectivity index (χ3n) is 2.93. The van der Waals surface area contributed by atoms with Gasteiger partial charge in [0.05, 0.1) is 6.61 Å². The highest BCUT2D eigenvalue weighted by Crippen LogP contribution is 2.12. The Hall–Kier alpha value is -1.14. The van der Waals surface area contributed by atoms with Crippen LogP contribution in [0.15, 0.2) is 24.3 Å². The molecule has 0 heterocycles. The molecule has 19 heavy (non-hydrogen) atoms. The molecule has 0 aliphatic heterocycles. The Labute approximate surface area is 114 Å². The molecule has 0 spiro atoms. The Morgan fingerprint density at radius 3 is 2.53 bits per heavy atom. The van der Waals surface area contributed by atoms with E-state index in [1.807, 2.05) is 36.1 Å². The molecule has 1 aromatic rings. The van der Waals surface area contributed by atoms with Gasteiger partial charge in [-0.25, -0.2) is 0 Å². The Morgan fingerprint density at radius 1 is 1.32 bits per heavy atom. The number of benzene rings is 1. The summed E-state index contributed by atoms with van der Waals surface area (Å²) in [7, 11) is 0. The maximum absolute atomic E-state index is 9.87. The van der Waals surface area contributed by atoms with Crippen molar-refractivity contribution in [1.29, 1.82) is 0 Å². The molecule has 108 valence electrons. The van der Waals surface area contributed by atoms with Crippen molar-refractivity contribution in [2.45, 2.75) is 19.6 Å². The van der Waals surface area contributed by atoms with Gasteiger partial charge >= 0.3 is 0 Å². The van der Waals surface area contributed by atoms with Crippen LogP contribution in [0, 0.1) is 0 Å². The summed E-state index contributed by atoms with van der Waals surface area (Å²) in [5.41, 5.74) is 6.56. The maximum atomic E-state index is 9.87. The molecule has 0 saturated heterocycles. The second kappa shape index (κ2) is 8.87. The first kappa shape index (κ1) is 15.9. The molecule has 0 aliphatic carbocycles. The standard InChI is InChI=1S/C14H24N2O3/c1-2-16(7-8-17)10-13(18)11-19-14-5-3-12(9-15)4-6-14/h3-6,13,17-18H,2,7-11,15H2,1H3. The minimum atomic E-state index is -0.569. The number of aliphatic hydroxyl groups is 2. The Balaban J connectivity index is 2.33. The van der Waals surface area contributed by atoms with Crippen LogP contribution in [0.3, 0.4) is 0 Å². The first-order valence-electron chi connectivity index (χ1n) is 6.62. The van der Waals surface area contributed by atoms with Crippen molar-refractivity contribution in [2.75, 3.05) is 32.8 Å². The number of hydrogen-bond donors (Lipinski definition) is 3. The van der Waals surface area contributed by atoms with Gasteiger partial charge in [-0.15, -0.1) is 0 Å². The van der Waals surface area contributed by atoms with Gasteiger partial charge in [-0.05, 0) is 24.2 Å². The minimum Gasteiger partial charge on any atom is -0.491 e. The van der Waals surface area contributed by atoms with Crippen molar-refractivity contribution >= 4 is 0 Å². The molecule has 0 radical (unpaired) electrons. The largest absolute Gasteiger partial charge is 0.491 e. The lowest BCUT2D eigenvalue weighted by atomic mass is 10.2. The van der Waals surface area contributed by atoms with E-state index in [0.29, 0.717) is 19.6 Å². The lowest BCUT2D eigenvalue weighted by Gasteiger charge is -2.22. The number of nitrogens with two attached hydrogens (primary N) is 1. The first-order valence-corrected chi connectivity index (χ1v) is 6.62. The summed E-state index contributed by atoms with van der Waals surface area (Å²) in [5.74, 6) is 0.724. The van der Waals surface area contributed by atoms with Crippen molar-refractivity contribution in [3.63, 3.8) is 0 Å². The molecule has 5 heteroatoms. The van der Waals surface area contributed by atoms with E-state index in [1.165, 1.54) is 0 Å². The highest BCUT2D eigenvalue weighted by Gasteiger charge is 2.10. The Bertz CT molecular complexity index is 343. The maximum Gasteiger partial charge on any atom is 0.119 e. The van der Waals surface area contributed by atoms with Crippen molar-refractivity contribution < 1.29 is 14.9 Å².